The molecule has 4 rings (SSSR count). The molecule has 1 aromatic carbocycles. The fourth-order valence-electron chi connectivity index (χ4n) is 4.24. The molecule has 164 valence electrons. The van der Waals surface area contributed by atoms with Crippen LogP contribution < -0.4 is 19.7 Å². The van der Waals surface area contributed by atoms with E-state index >= 15 is 0 Å². The fraction of sp³-hybridized carbons (Fsp3) is 0.455. The number of aromatic nitrogens is 4. The zero-order valence-electron chi connectivity index (χ0n) is 18.4. The van der Waals surface area contributed by atoms with E-state index in [-0.39, 0.29) is 11.8 Å². The average Bonchev–Trinajstić information content (AvgIpc) is 3.25. The number of carbonyl (C=O) groups is 1. The molecule has 0 aliphatic carbocycles. The van der Waals surface area contributed by atoms with Crippen LogP contribution >= 0.6 is 0 Å². The summed E-state index contributed by atoms with van der Waals surface area (Å²) in [5.41, 5.74) is 2.69. The van der Waals surface area contributed by atoms with Crippen LogP contribution in [0.2, 0.25) is 0 Å². The van der Waals surface area contributed by atoms with Gasteiger partial charge in [-0.2, -0.15) is 14.6 Å². The monoisotopic (exact) mass is 424 g/mol. The SMILES string of the molecule is CCc1c(C)nc2ncnn2c1N1CCC[C@H](C(=O)Nc2cc(OC)ccc2OC)C1. The number of amides is 1. The van der Waals surface area contributed by atoms with Crippen molar-refractivity contribution < 1.29 is 14.3 Å². The summed E-state index contributed by atoms with van der Waals surface area (Å²) in [6.45, 7) is 5.57. The van der Waals surface area contributed by atoms with Crippen molar-refractivity contribution in [2.45, 2.75) is 33.1 Å². The number of hydrogen-bond donors (Lipinski definition) is 1. The van der Waals surface area contributed by atoms with Gasteiger partial charge in [0.25, 0.3) is 5.78 Å². The van der Waals surface area contributed by atoms with Crippen molar-refractivity contribution in [1.82, 2.24) is 19.6 Å². The van der Waals surface area contributed by atoms with E-state index in [0.717, 1.165) is 42.9 Å². The van der Waals surface area contributed by atoms with Crippen LogP contribution in [0.15, 0.2) is 24.5 Å². The molecule has 1 N–H and O–H groups in total. The molecule has 2 aromatic heterocycles. The third-order valence-electron chi connectivity index (χ3n) is 5.81. The lowest BCUT2D eigenvalue weighted by molar-refractivity contribution is -0.120. The molecule has 1 amide bonds. The highest BCUT2D eigenvalue weighted by Crippen LogP contribution is 2.32. The lowest BCUT2D eigenvalue weighted by Crippen LogP contribution is -2.42. The summed E-state index contributed by atoms with van der Waals surface area (Å²) in [5.74, 6) is 2.63. The first-order chi connectivity index (χ1) is 15.0. The van der Waals surface area contributed by atoms with Crippen LogP contribution in [0.4, 0.5) is 11.5 Å². The van der Waals surface area contributed by atoms with Crippen molar-refractivity contribution in [2.24, 2.45) is 5.92 Å². The largest absolute Gasteiger partial charge is 0.497 e. The summed E-state index contributed by atoms with van der Waals surface area (Å²) >= 11 is 0. The Labute approximate surface area is 181 Å². The number of nitrogens with one attached hydrogen (secondary N) is 1. The van der Waals surface area contributed by atoms with Gasteiger partial charge in [0.05, 0.1) is 25.8 Å². The van der Waals surface area contributed by atoms with Gasteiger partial charge in [-0.3, -0.25) is 4.79 Å². The number of benzene rings is 1. The van der Waals surface area contributed by atoms with Crippen LogP contribution in [0.1, 0.15) is 31.0 Å². The molecule has 1 saturated heterocycles. The molecule has 9 heteroatoms. The number of hydrogen-bond acceptors (Lipinski definition) is 7. The van der Waals surface area contributed by atoms with Gasteiger partial charge in [0.15, 0.2) is 0 Å². The molecular weight excluding hydrogens is 396 g/mol. The maximum Gasteiger partial charge on any atom is 0.254 e. The van der Waals surface area contributed by atoms with Gasteiger partial charge in [-0.1, -0.05) is 6.92 Å². The third kappa shape index (κ3) is 3.99. The van der Waals surface area contributed by atoms with Crippen molar-refractivity contribution >= 4 is 23.2 Å². The van der Waals surface area contributed by atoms with Gasteiger partial charge >= 0.3 is 0 Å². The quantitative estimate of drug-likeness (QED) is 0.650. The number of aryl methyl sites for hydroxylation is 1. The highest BCUT2D eigenvalue weighted by atomic mass is 16.5. The first-order valence-electron chi connectivity index (χ1n) is 10.5. The van der Waals surface area contributed by atoms with E-state index in [9.17, 15) is 4.79 Å². The summed E-state index contributed by atoms with van der Waals surface area (Å²) in [6.07, 6.45) is 4.08. The van der Waals surface area contributed by atoms with E-state index in [1.807, 2.05) is 6.92 Å². The maximum atomic E-state index is 13.2. The van der Waals surface area contributed by atoms with Gasteiger partial charge in [-0.25, -0.2) is 4.98 Å². The van der Waals surface area contributed by atoms with Crippen molar-refractivity contribution in [3.8, 4) is 11.5 Å². The molecular formula is C22H28N6O3. The highest BCUT2D eigenvalue weighted by molar-refractivity contribution is 5.94. The topological polar surface area (TPSA) is 93.9 Å². The Morgan fingerprint density at radius 3 is 2.87 bits per heavy atom. The zero-order chi connectivity index (χ0) is 22.0. The van der Waals surface area contributed by atoms with Crippen LogP contribution in [-0.2, 0) is 11.2 Å². The minimum Gasteiger partial charge on any atom is -0.497 e. The van der Waals surface area contributed by atoms with Gasteiger partial charge < -0.3 is 19.7 Å². The number of fused-ring (bicyclic) bond motifs is 1. The Bertz CT molecular complexity index is 1100. The Kier molecular flexibility index (Phi) is 5.92. The Morgan fingerprint density at radius 2 is 2.13 bits per heavy atom. The summed E-state index contributed by atoms with van der Waals surface area (Å²) < 4.78 is 12.5. The second-order valence-electron chi connectivity index (χ2n) is 7.67. The van der Waals surface area contributed by atoms with Crippen LogP contribution in [0.5, 0.6) is 11.5 Å². The Morgan fingerprint density at radius 1 is 1.29 bits per heavy atom. The zero-order valence-corrected chi connectivity index (χ0v) is 18.4. The van der Waals surface area contributed by atoms with Crippen LogP contribution in [0.25, 0.3) is 5.78 Å². The van der Waals surface area contributed by atoms with E-state index in [4.69, 9.17) is 9.47 Å². The molecule has 31 heavy (non-hydrogen) atoms. The Balaban J connectivity index is 1.59. The van der Waals surface area contributed by atoms with E-state index in [1.165, 1.54) is 6.33 Å². The first kappa shape index (κ1) is 20.9. The smallest absolute Gasteiger partial charge is 0.254 e. The molecule has 0 radical (unpaired) electrons. The van der Waals surface area contributed by atoms with Gasteiger partial charge in [0.1, 0.15) is 23.6 Å². The van der Waals surface area contributed by atoms with Gasteiger partial charge in [0, 0.05) is 30.4 Å². The third-order valence-corrected chi connectivity index (χ3v) is 5.81. The van der Waals surface area contributed by atoms with E-state index in [2.05, 4.69) is 32.2 Å². The molecule has 9 nitrogen and oxygen atoms in total. The molecule has 0 unspecified atom stereocenters. The summed E-state index contributed by atoms with van der Waals surface area (Å²) in [5, 5.41) is 7.43. The van der Waals surface area contributed by atoms with Crippen LogP contribution in [0, 0.1) is 12.8 Å². The predicted molar refractivity (Wildman–Crippen MR) is 118 cm³/mol. The number of rotatable bonds is 6. The number of carbonyl (C=O) groups excluding carboxylic acids is 1. The van der Waals surface area contributed by atoms with Crippen LogP contribution in [0.3, 0.4) is 0 Å². The molecule has 0 spiro atoms. The Hall–Kier alpha value is -3.36. The molecule has 0 bridgehead atoms. The van der Waals surface area contributed by atoms with Crippen molar-refractivity contribution in [1.29, 1.82) is 0 Å². The second kappa shape index (κ2) is 8.79. The molecule has 0 saturated carbocycles. The fourth-order valence-corrected chi connectivity index (χ4v) is 4.24. The van der Waals surface area contributed by atoms with Crippen molar-refractivity contribution in [2.75, 3.05) is 37.5 Å². The molecule has 1 fully saturated rings. The summed E-state index contributed by atoms with van der Waals surface area (Å²) in [4.78, 5) is 24.2. The molecule has 1 atom stereocenters. The minimum atomic E-state index is -0.165. The van der Waals surface area contributed by atoms with Crippen molar-refractivity contribution in [3.63, 3.8) is 0 Å². The number of piperidine rings is 1. The molecule has 3 heterocycles. The van der Waals surface area contributed by atoms with E-state index in [1.54, 1.807) is 36.9 Å². The maximum absolute atomic E-state index is 13.2. The van der Waals surface area contributed by atoms with Crippen molar-refractivity contribution in [3.05, 3.63) is 35.8 Å². The molecule has 1 aliphatic heterocycles. The number of methoxy groups -OCH3 is 2. The molecule has 1 aliphatic rings. The van der Waals surface area contributed by atoms with E-state index in [0.29, 0.717) is 29.5 Å². The number of ether oxygens (including phenoxy) is 2. The standard InChI is InChI=1S/C22H28N6O3/c1-5-17-14(2)25-22-23-13-24-28(22)21(17)27-10-6-7-15(12-27)20(29)26-18-11-16(30-3)8-9-19(18)31-4/h8-9,11,13,15H,5-7,10,12H2,1-4H3,(H,26,29)/t15-/m0/s1. The van der Waals surface area contributed by atoms with Gasteiger partial charge in [-0.15, -0.1) is 0 Å². The van der Waals surface area contributed by atoms with Gasteiger partial charge in [-0.05, 0) is 38.3 Å². The minimum absolute atomic E-state index is 0.0325. The predicted octanol–water partition coefficient (Wildman–Crippen LogP) is 2.87. The molecule has 3 aromatic rings. The second-order valence-corrected chi connectivity index (χ2v) is 7.67. The summed E-state index contributed by atoms with van der Waals surface area (Å²) in [7, 11) is 3.18. The normalized spacial score (nSPS) is 16.4. The average molecular weight is 425 g/mol. The highest BCUT2D eigenvalue weighted by Gasteiger charge is 2.29. The number of anilines is 2. The first-order valence-corrected chi connectivity index (χ1v) is 10.5. The lowest BCUT2D eigenvalue weighted by atomic mass is 9.96. The van der Waals surface area contributed by atoms with Crippen LogP contribution in [-0.4, -0.2) is 52.8 Å². The number of nitrogens with zero attached hydrogens (tertiary/aromatic N) is 5. The van der Waals surface area contributed by atoms with E-state index < -0.39 is 0 Å². The van der Waals surface area contributed by atoms with Gasteiger partial charge in [0.2, 0.25) is 5.91 Å². The lowest BCUT2D eigenvalue weighted by Gasteiger charge is -2.35. The summed E-state index contributed by atoms with van der Waals surface area (Å²) in [6, 6.07) is 5.37.